The van der Waals surface area contributed by atoms with Crippen LogP contribution in [0.2, 0.25) is 0 Å². The molecule has 1 N–H and O–H groups in total. The van der Waals surface area contributed by atoms with Crippen molar-refractivity contribution < 1.29 is 22.7 Å². The zero-order valence-electron chi connectivity index (χ0n) is 19.5. The monoisotopic (exact) mass is 514 g/mol. The summed E-state index contributed by atoms with van der Waals surface area (Å²) in [5, 5.41) is 3.91. The summed E-state index contributed by atoms with van der Waals surface area (Å²) in [6.07, 6.45) is 2.83. The van der Waals surface area contributed by atoms with Gasteiger partial charge in [-0.25, -0.2) is 27.9 Å². The molecule has 0 aliphatic heterocycles. The summed E-state index contributed by atoms with van der Waals surface area (Å²) >= 11 is 0. The maximum atomic E-state index is 13.2. The Balaban J connectivity index is 1.39. The third-order valence-electron chi connectivity index (χ3n) is 5.03. The Morgan fingerprint density at radius 1 is 0.865 bits per heavy atom. The highest BCUT2D eigenvalue weighted by Gasteiger charge is 2.27. The Morgan fingerprint density at radius 3 is 2.16 bits per heavy atom. The number of pyridine rings is 1. The van der Waals surface area contributed by atoms with Gasteiger partial charge in [0.25, 0.3) is 15.9 Å². The molecule has 3 aromatic carbocycles. The van der Waals surface area contributed by atoms with Crippen molar-refractivity contribution in [2.24, 2.45) is 5.10 Å². The molecule has 0 spiro atoms. The van der Waals surface area contributed by atoms with Gasteiger partial charge in [0.2, 0.25) is 0 Å². The van der Waals surface area contributed by atoms with Crippen LogP contribution in [-0.2, 0) is 14.8 Å². The molecule has 37 heavy (non-hydrogen) atoms. The van der Waals surface area contributed by atoms with Crippen molar-refractivity contribution in [2.45, 2.75) is 4.90 Å². The van der Waals surface area contributed by atoms with Gasteiger partial charge in [-0.15, -0.1) is 0 Å². The Labute approximate surface area is 214 Å². The van der Waals surface area contributed by atoms with E-state index in [0.29, 0.717) is 16.9 Å². The number of hydrogen-bond acceptors (Lipinski definition) is 7. The molecule has 186 valence electrons. The number of nitrogens with zero attached hydrogens (tertiary/aromatic N) is 3. The third-order valence-corrected chi connectivity index (χ3v) is 6.79. The Hall–Kier alpha value is -4.83. The average molecular weight is 515 g/mol. The van der Waals surface area contributed by atoms with E-state index >= 15 is 0 Å². The molecule has 0 bridgehead atoms. The first-order valence-corrected chi connectivity index (χ1v) is 12.6. The fourth-order valence-electron chi connectivity index (χ4n) is 3.22. The molecule has 0 aliphatic rings. The summed E-state index contributed by atoms with van der Waals surface area (Å²) in [5.74, 6) is -0.676. The molecule has 0 saturated carbocycles. The summed E-state index contributed by atoms with van der Waals surface area (Å²) in [6.45, 7) is -0.528. The van der Waals surface area contributed by atoms with E-state index in [9.17, 15) is 18.0 Å². The number of hydrazone groups is 1. The predicted octanol–water partition coefficient (Wildman–Crippen LogP) is 3.65. The van der Waals surface area contributed by atoms with E-state index in [0.717, 1.165) is 4.31 Å². The number of anilines is 1. The maximum absolute atomic E-state index is 13.2. The van der Waals surface area contributed by atoms with Gasteiger partial charge in [-0.3, -0.25) is 4.79 Å². The van der Waals surface area contributed by atoms with E-state index in [4.69, 9.17) is 4.74 Å². The Kier molecular flexibility index (Phi) is 8.01. The molecule has 1 heterocycles. The van der Waals surface area contributed by atoms with Gasteiger partial charge in [0.15, 0.2) is 0 Å². The third kappa shape index (κ3) is 6.65. The molecule has 4 aromatic rings. The first-order chi connectivity index (χ1) is 17.9. The van der Waals surface area contributed by atoms with Gasteiger partial charge in [0.1, 0.15) is 18.1 Å². The second-order valence-electron chi connectivity index (χ2n) is 7.63. The van der Waals surface area contributed by atoms with E-state index in [1.807, 2.05) is 6.07 Å². The number of esters is 1. The number of amides is 1. The number of hydrogen-bond donors (Lipinski definition) is 1. The molecular formula is C27H22N4O5S. The number of aromatic nitrogens is 1. The molecule has 9 nitrogen and oxygen atoms in total. The van der Waals surface area contributed by atoms with E-state index < -0.39 is 28.4 Å². The first-order valence-electron chi connectivity index (χ1n) is 11.1. The lowest BCUT2D eigenvalue weighted by Gasteiger charge is -2.22. The zero-order chi connectivity index (χ0) is 26.1. The highest BCUT2D eigenvalue weighted by molar-refractivity contribution is 7.92. The quantitative estimate of drug-likeness (QED) is 0.158. The smallest absolute Gasteiger partial charge is 0.343 e. The molecule has 10 heteroatoms. The minimum absolute atomic E-state index is 0.0324. The first kappa shape index (κ1) is 25.3. The summed E-state index contributed by atoms with van der Waals surface area (Å²) in [5.41, 5.74) is 3.39. The average Bonchev–Trinajstić information content (AvgIpc) is 2.94. The lowest BCUT2D eigenvalue weighted by molar-refractivity contribution is -0.119. The van der Waals surface area contributed by atoms with Crippen LogP contribution < -0.4 is 14.5 Å². The Morgan fingerprint density at radius 2 is 1.51 bits per heavy atom. The number of ether oxygens (including phenoxy) is 1. The standard InChI is InChI=1S/C27H22N4O5S/c32-26(20-31(25-13-7-8-18-28-25)37(34,35)24-11-5-2-6-12-24)30-29-19-21-14-16-23(17-15-21)36-27(33)22-9-3-1-4-10-22/h1-19H,20H2,(H,30,32)/b29-19-. The fourth-order valence-corrected chi connectivity index (χ4v) is 4.61. The normalized spacial score (nSPS) is 11.1. The minimum Gasteiger partial charge on any atom is -0.423 e. The van der Waals surface area contributed by atoms with Gasteiger partial charge in [-0.05, 0) is 66.2 Å². The highest BCUT2D eigenvalue weighted by Crippen LogP contribution is 2.21. The summed E-state index contributed by atoms with van der Waals surface area (Å²) in [7, 11) is -4.04. The minimum atomic E-state index is -4.04. The zero-order valence-corrected chi connectivity index (χ0v) is 20.3. The molecule has 0 atom stereocenters. The van der Waals surface area contributed by atoms with Crippen molar-refractivity contribution in [1.82, 2.24) is 10.4 Å². The van der Waals surface area contributed by atoms with Gasteiger partial charge in [0, 0.05) is 6.20 Å². The van der Waals surface area contributed by atoms with Gasteiger partial charge >= 0.3 is 5.97 Å². The number of benzene rings is 3. The van der Waals surface area contributed by atoms with Crippen molar-refractivity contribution in [3.63, 3.8) is 0 Å². The second kappa shape index (κ2) is 11.7. The Bertz CT molecular complexity index is 1480. The van der Waals surface area contributed by atoms with Crippen LogP contribution >= 0.6 is 0 Å². The molecule has 4 rings (SSSR count). The van der Waals surface area contributed by atoms with Gasteiger partial charge in [-0.1, -0.05) is 42.5 Å². The van der Waals surface area contributed by atoms with E-state index in [2.05, 4.69) is 15.5 Å². The number of sulfonamides is 1. The molecular weight excluding hydrogens is 492 g/mol. The molecule has 1 amide bonds. The summed E-state index contributed by atoms with van der Waals surface area (Å²) < 4.78 is 32.6. The highest BCUT2D eigenvalue weighted by atomic mass is 32.2. The van der Waals surface area contributed by atoms with Crippen molar-refractivity contribution in [2.75, 3.05) is 10.8 Å². The number of carbonyl (C=O) groups is 2. The molecule has 1 aromatic heterocycles. The van der Waals surface area contributed by atoms with E-state index in [-0.39, 0.29) is 10.7 Å². The van der Waals surface area contributed by atoms with Gasteiger partial charge in [0.05, 0.1) is 16.7 Å². The number of nitrogens with one attached hydrogen (secondary N) is 1. The van der Waals surface area contributed by atoms with Crippen LogP contribution in [0.1, 0.15) is 15.9 Å². The van der Waals surface area contributed by atoms with Crippen LogP contribution in [0, 0.1) is 0 Å². The lowest BCUT2D eigenvalue weighted by Crippen LogP contribution is -2.40. The SMILES string of the molecule is O=C(CN(c1ccccn1)S(=O)(=O)c1ccccc1)N/N=C\c1ccc(OC(=O)c2ccccc2)cc1. The molecule has 0 saturated heterocycles. The molecule has 0 radical (unpaired) electrons. The fraction of sp³-hybridized carbons (Fsp3) is 0.0370. The van der Waals surface area contributed by atoms with Crippen LogP contribution in [0.4, 0.5) is 5.82 Å². The maximum Gasteiger partial charge on any atom is 0.343 e. The van der Waals surface area contributed by atoms with Crippen LogP contribution in [0.25, 0.3) is 0 Å². The molecule has 0 aliphatic carbocycles. The molecule has 0 fully saturated rings. The van der Waals surface area contributed by atoms with Crippen molar-refractivity contribution in [3.8, 4) is 5.75 Å². The van der Waals surface area contributed by atoms with Gasteiger partial charge in [-0.2, -0.15) is 5.10 Å². The van der Waals surface area contributed by atoms with Crippen molar-refractivity contribution in [1.29, 1.82) is 0 Å². The summed E-state index contributed by atoms with van der Waals surface area (Å²) in [6, 6.07) is 27.7. The number of carbonyl (C=O) groups excluding carboxylic acids is 2. The topological polar surface area (TPSA) is 118 Å². The van der Waals surface area contributed by atoms with Crippen LogP contribution in [-0.4, -0.2) is 38.0 Å². The summed E-state index contributed by atoms with van der Waals surface area (Å²) in [4.78, 5) is 28.9. The van der Waals surface area contributed by atoms with Crippen LogP contribution in [0.5, 0.6) is 5.75 Å². The lowest BCUT2D eigenvalue weighted by atomic mass is 10.2. The van der Waals surface area contributed by atoms with Crippen molar-refractivity contribution in [3.05, 3.63) is 120 Å². The number of rotatable bonds is 9. The van der Waals surface area contributed by atoms with Crippen LogP contribution in [0.3, 0.4) is 0 Å². The van der Waals surface area contributed by atoms with Crippen LogP contribution in [0.15, 0.2) is 119 Å². The largest absolute Gasteiger partial charge is 0.423 e. The van der Waals surface area contributed by atoms with E-state index in [1.165, 1.54) is 30.6 Å². The molecule has 0 unspecified atom stereocenters. The predicted molar refractivity (Wildman–Crippen MR) is 139 cm³/mol. The second-order valence-corrected chi connectivity index (χ2v) is 9.49. The van der Waals surface area contributed by atoms with E-state index in [1.54, 1.807) is 78.9 Å². The van der Waals surface area contributed by atoms with Crippen molar-refractivity contribution >= 4 is 33.9 Å². The van der Waals surface area contributed by atoms with Gasteiger partial charge < -0.3 is 4.74 Å².